The van der Waals surface area contributed by atoms with Gasteiger partial charge in [0.05, 0.1) is 0 Å². The van der Waals surface area contributed by atoms with Gasteiger partial charge in [0.1, 0.15) is 5.01 Å². The molecule has 2 amide bonds. The number of rotatable bonds is 7. The van der Waals surface area contributed by atoms with Crippen molar-refractivity contribution in [3.8, 4) is 0 Å². The molecule has 0 spiro atoms. The lowest BCUT2D eigenvalue weighted by Gasteiger charge is -2.05. The second-order valence-electron chi connectivity index (χ2n) is 6.23. The first-order chi connectivity index (χ1) is 13.5. The number of carbonyl (C=O) groups excluding carboxylic acids is 2. The third kappa shape index (κ3) is 5.87. The highest BCUT2D eigenvalue weighted by Gasteiger charge is 2.14. The number of aromatic nitrogens is 2. The average molecular weight is 415 g/mol. The molecule has 8 heteroatoms. The van der Waals surface area contributed by atoms with Crippen LogP contribution in [-0.2, 0) is 17.8 Å². The van der Waals surface area contributed by atoms with Gasteiger partial charge in [0.15, 0.2) is 0 Å². The largest absolute Gasteiger partial charge is 0.352 e. The van der Waals surface area contributed by atoms with E-state index in [4.69, 9.17) is 11.6 Å². The molecule has 2 N–H and O–H groups in total. The van der Waals surface area contributed by atoms with E-state index in [1.54, 1.807) is 24.3 Å². The molecule has 0 saturated heterocycles. The Morgan fingerprint density at radius 1 is 1.11 bits per heavy atom. The number of amides is 2. The zero-order valence-electron chi connectivity index (χ0n) is 15.2. The molecule has 0 fully saturated rings. The van der Waals surface area contributed by atoms with Crippen LogP contribution < -0.4 is 10.6 Å². The van der Waals surface area contributed by atoms with Crippen LogP contribution in [0.3, 0.4) is 0 Å². The molecule has 0 aliphatic carbocycles. The van der Waals surface area contributed by atoms with Gasteiger partial charge in [-0.05, 0) is 30.7 Å². The number of carbonyl (C=O) groups is 2. The van der Waals surface area contributed by atoms with E-state index in [1.807, 2.05) is 31.2 Å². The summed E-state index contributed by atoms with van der Waals surface area (Å²) in [6.45, 7) is 2.50. The van der Waals surface area contributed by atoms with E-state index < -0.39 is 0 Å². The number of nitrogens with one attached hydrogen (secondary N) is 2. The van der Waals surface area contributed by atoms with Crippen LogP contribution in [-0.4, -0.2) is 22.0 Å². The van der Waals surface area contributed by atoms with Gasteiger partial charge in [-0.2, -0.15) is 0 Å². The molecule has 0 aliphatic heterocycles. The summed E-state index contributed by atoms with van der Waals surface area (Å²) in [5.41, 5.74) is 2.80. The van der Waals surface area contributed by atoms with Crippen LogP contribution in [0, 0.1) is 6.92 Å². The van der Waals surface area contributed by atoms with Crippen molar-refractivity contribution in [2.75, 3.05) is 5.32 Å². The van der Waals surface area contributed by atoms with Crippen molar-refractivity contribution in [2.24, 2.45) is 0 Å². The van der Waals surface area contributed by atoms with Crippen molar-refractivity contribution in [1.29, 1.82) is 0 Å². The second kappa shape index (κ2) is 9.43. The Morgan fingerprint density at radius 2 is 1.93 bits per heavy atom. The maximum atomic E-state index is 12.2. The first kappa shape index (κ1) is 20.0. The summed E-state index contributed by atoms with van der Waals surface area (Å²) in [7, 11) is 0. The molecule has 0 radical (unpaired) electrons. The normalized spacial score (nSPS) is 10.5. The van der Waals surface area contributed by atoms with Crippen molar-refractivity contribution in [3.05, 3.63) is 74.7 Å². The van der Waals surface area contributed by atoms with Crippen LogP contribution in [0.2, 0.25) is 5.02 Å². The Morgan fingerprint density at radius 3 is 2.71 bits per heavy atom. The van der Waals surface area contributed by atoms with E-state index in [0.29, 0.717) is 28.7 Å². The molecule has 2 aromatic carbocycles. The molecule has 3 aromatic rings. The van der Waals surface area contributed by atoms with Gasteiger partial charge in [-0.25, -0.2) is 0 Å². The molecule has 28 heavy (non-hydrogen) atoms. The number of nitrogens with zero attached hydrogens (tertiary/aromatic N) is 2. The van der Waals surface area contributed by atoms with Gasteiger partial charge in [-0.15, -0.1) is 10.2 Å². The molecular weight excluding hydrogens is 396 g/mol. The van der Waals surface area contributed by atoms with Gasteiger partial charge in [0, 0.05) is 30.1 Å². The van der Waals surface area contributed by atoms with Crippen molar-refractivity contribution in [3.63, 3.8) is 0 Å². The number of hydrogen-bond acceptors (Lipinski definition) is 5. The molecule has 1 heterocycles. The average Bonchev–Trinajstić information content (AvgIpc) is 3.14. The van der Waals surface area contributed by atoms with Crippen molar-refractivity contribution in [1.82, 2.24) is 15.5 Å². The Kier molecular flexibility index (Phi) is 6.73. The van der Waals surface area contributed by atoms with Crippen molar-refractivity contribution < 1.29 is 9.59 Å². The maximum absolute atomic E-state index is 12.2. The van der Waals surface area contributed by atoms with E-state index in [0.717, 1.165) is 11.1 Å². The predicted molar refractivity (Wildman–Crippen MR) is 111 cm³/mol. The number of hydrogen-bond donors (Lipinski definition) is 2. The maximum Gasteiger partial charge on any atom is 0.286 e. The van der Waals surface area contributed by atoms with Gasteiger partial charge in [-0.1, -0.05) is 58.8 Å². The summed E-state index contributed by atoms with van der Waals surface area (Å²) in [6, 6.07) is 14.9. The van der Waals surface area contributed by atoms with Gasteiger partial charge < -0.3 is 10.6 Å². The van der Waals surface area contributed by atoms with Crippen LogP contribution in [0.1, 0.15) is 32.4 Å². The van der Waals surface area contributed by atoms with E-state index in [2.05, 4.69) is 20.8 Å². The van der Waals surface area contributed by atoms with Crippen LogP contribution in [0.25, 0.3) is 0 Å². The standard InChI is InChI=1S/C20H19ClN4O2S/c1-13-4-2-5-14(10-13)12-22-17(26)8-9-18-24-25-20(28-18)19(27)23-16-7-3-6-15(21)11-16/h2-7,10-11H,8-9,12H2,1H3,(H,22,26)(H,23,27). The van der Waals surface area contributed by atoms with Gasteiger partial charge >= 0.3 is 0 Å². The number of halogens is 1. The molecule has 0 saturated carbocycles. The molecule has 6 nitrogen and oxygen atoms in total. The highest BCUT2D eigenvalue weighted by Crippen LogP contribution is 2.17. The summed E-state index contributed by atoms with van der Waals surface area (Å²) < 4.78 is 0. The van der Waals surface area contributed by atoms with E-state index >= 15 is 0 Å². The predicted octanol–water partition coefficient (Wildman–Crippen LogP) is 4.00. The zero-order chi connectivity index (χ0) is 19.9. The fourth-order valence-corrected chi connectivity index (χ4v) is 3.45. The van der Waals surface area contributed by atoms with Crippen molar-refractivity contribution >= 4 is 40.4 Å². The quantitative estimate of drug-likeness (QED) is 0.612. The lowest BCUT2D eigenvalue weighted by Crippen LogP contribution is -2.23. The highest BCUT2D eigenvalue weighted by atomic mass is 35.5. The second-order valence-corrected chi connectivity index (χ2v) is 7.73. The third-order valence-corrected chi connectivity index (χ3v) is 5.10. The Balaban J connectivity index is 1.47. The van der Waals surface area contributed by atoms with Crippen LogP contribution in [0.4, 0.5) is 5.69 Å². The zero-order valence-corrected chi connectivity index (χ0v) is 16.8. The summed E-state index contributed by atoms with van der Waals surface area (Å²) in [6.07, 6.45) is 0.720. The first-order valence-electron chi connectivity index (χ1n) is 8.71. The lowest BCUT2D eigenvalue weighted by molar-refractivity contribution is -0.121. The molecule has 0 atom stereocenters. The minimum Gasteiger partial charge on any atom is -0.352 e. The van der Waals surface area contributed by atoms with Crippen LogP contribution in [0.5, 0.6) is 0 Å². The van der Waals surface area contributed by atoms with Gasteiger partial charge in [-0.3, -0.25) is 9.59 Å². The minimum absolute atomic E-state index is 0.0679. The fourth-order valence-electron chi connectivity index (χ4n) is 2.53. The lowest BCUT2D eigenvalue weighted by atomic mass is 10.1. The summed E-state index contributed by atoms with van der Waals surface area (Å²) in [4.78, 5) is 24.3. The summed E-state index contributed by atoms with van der Waals surface area (Å²) in [5, 5.41) is 14.9. The Hall–Kier alpha value is -2.77. The number of benzene rings is 2. The first-order valence-corrected chi connectivity index (χ1v) is 9.90. The SMILES string of the molecule is Cc1cccc(CNC(=O)CCc2nnc(C(=O)Nc3cccc(Cl)c3)s2)c1. The molecule has 144 valence electrons. The van der Waals surface area contributed by atoms with Crippen LogP contribution in [0.15, 0.2) is 48.5 Å². The Bertz CT molecular complexity index is 990. The van der Waals surface area contributed by atoms with Gasteiger partial charge in [0.2, 0.25) is 10.9 Å². The minimum atomic E-state index is -0.352. The Labute approximate surface area is 172 Å². The van der Waals surface area contributed by atoms with Crippen LogP contribution >= 0.6 is 22.9 Å². The smallest absolute Gasteiger partial charge is 0.286 e. The monoisotopic (exact) mass is 414 g/mol. The molecule has 0 bridgehead atoms. The van der Waals surface area contributed by atoms with E-state index in [-0.39, 0.29) is 23.2 Å². The fraction of sp³-hybridized carbons (Fsp3) is 0.200. The third-order valence-electron chi connectivity index (χ3n) is 3.88. The molecule has 0 unspecified atom stereocenters. The number of anilines is 1. The summed E-state index contributed by atoms with van der Waals surface area (Å²) in [5.74, 6) is -0.420. The molecular formula is C20H19ClN4O2S. The summed E-state index contributed by atoms with van der Waals surface area (Å²) >= 11 is 7.08. The van der Waals surface area contributed by atoms with Crippen molar-refractivity contribution in [2.45, 2.75) is 26.3 Å². The molecule has 3 rings (SSSR count). The highest BCUT2D eigenvalue weighted by molar-refractivity contribution is 7.13. The van der Waals surface area contributed by atoms with E-state index in [1.165, 1.54) is 11.3 Å². The topological polar surface area (TPSA) is 84.0 Å². The number of aryl methyl sites for hydroxylation is 2. The van der Waals surface area contributed by atoms with E-state index in [9.17, 15) is 9.59 Å². The van der Waals surface area contributed by atoms with Gasteiger partial charge in [0.25, 0.3) is 5.91 Å². The molecule has 0 aliphatic rings. The molecule has 1 aromatic heterocycles.